The number of rotatable bonds is 1. The fourth-order valence-corrected chi connectivity index (χ4v) is 2.37. The lowest BCUT2D eigenvalue weighted by Gasteiger charge is -2.01. The quantitative estimate of drug-likeness (QED) is 0.700. The Kier molecular flexibility index (Phi) is 6.12. The lowest BCUT2D eigenvalue weighted by atomic mass is 10.3. The fourth-order valence-electron chi connectivity index (χ4n) is 2.37. The van der Waals surface area contributed by atoms with Crippen LogP contribution in [0.25, 0.3) is 17.0 Å². The molecule has 3 aromatic rings. The Labute approximate surface area is 152 Å². The summed E-state index contributed by atoms with van der Waals surface area (Å²) >= 11 is 0. The zero-order valence-corrected chi connectivity index (χ0v) is 14.7. The van der Waals surface area contributed by atoms with Crippen LogP contribution in [0.5, 0.6) is 0 Å². The molecule has 2 fully saturated rings. The van der Waals surface area contributed by atoms with Gasteiger partial charge in [0.2, 0.25) is 0 Å². The number of anilines is 1. The summed E-state index contributed by atoms with van der Waals surface area (Å²) in [5.41, 5.74) is 8.30. The van der Waals surface area contributed by atoms with Crippen LogP contribution in [-0.2, 0) is 0 Å². The number of nitriles is 1. The Morgan fingerprint density at radius 2 is 1.85 bits per heavy atom. The van der Waals surface area contributed by atoms with Crippen molar-refractivity contribution in [2.45, 2.75) is 32.1 Å². The lowest BCUT2D eigenvalue weighted by molar-refractivity contribution is 0.857. The number of nitrogen functional groups attached to an aromatic ring is 1. The Balaban J connectivity index is 0.000000201. The van der Waals surface area contributed by atoms with Crippen molar-refractivity contribution in [1.82, 2.24) is 24.7 Å². The number of aromatic nitrogens is 4. The molecule has 26 heavy (non-hydrogen) atoms. The van der Waals surface area contributed by atoms with Gasteiger partial charge in [-0.3, -0.25) is 9.38 Å². The molecule has 2 aliphatic rings. The van der Waals surface area contributed by atoms with E-state index in [0.717, 1.165) is 5.69 Å². The van der Waals surface area contributed by atoms with Gasteiger partial charge in [0.25, 0.3) is 0 Å². The van der Waals surface area contributed by atoms with Gasteiger partial charge in [-0.05, 0) is 38.1 Å². The Morgan fingerprint density at radius 1 is 1.08 bits per heavy atom. The van der Waals surface area contributed by atoms with Crippen molar-refractivity contribution < 1.29 is 0 Å². The molecule has 7 nitrogen and oxygen atoms in total. The third-order valence-electron chi connectivity index (χ3n) is 3.87. The maximum atomic E-state index is 8.83. The molecular formula is C19H23N7. The first-order chi connectivity index (χ1) is 12.8. The third-order valence-corrected chi connectivity index (χ3v) is 3.87. The normalized spacial score (nSPS) is 14.6. The molecule has 0 radical (unpaired) electrons. The average Bonchev–Trinajstić information content (AvgIpc) is 3.29. The summed E-state index contributed by atoms with van der Waals surface area (Å²) in [6.07, 6.45) is 13.8. The Bertz CT molecular complexity index is 878. The monoisotopic (exact) mass is 349 g/mol. The second kappa shape index (κ2) is 8.92. The van der Waals surface area contributed by atoms with Gasteiger partial charge in [0.15, 0.2) is 0 Å². The summed E-state index contributed by atoms with van der Waals surface area (Å²) in [5, 5.41) is 12.1. The molecular weight excluding hydrogens is 326 g/mol. The van der Waals surface area contributed by atoms with E-state index in [-0.39, 0.29) is 0 Å². The molecule has 0 unspecified atom stereocenters. The molecule has 3 aromatic heterocycles. The minimum absolute atomic E-state index is 0.357. The molecule has 1 aliphatic heterocycles. The third kappa shape index (κ3) is 5.01. The van der Waals surface area contributed by atoms with Crippen molar-refractivity contribution in [3.8, 4) is 17.5 Å². The van der Waals surface area contributed by atoms with Gasteiger partial charge < -0.3 is 11.1 Å². The summed E-state index contributed by atoms with van der Waals surface area (Å²) in [6, 6.07) is 5.51. The number of fused-ring (bicyclic) bond motifs is 1. The molecule has 5 rings (SSSR count). The number of nitrogens with one attached hydrogen (secondary N) is 1. The van der Waals surface area contributed by atoms with Crippen LogP contribution in [0.1, 0.15) is 37.7 Å². The second-order valence-corrected chi connectivity index (χ2v) is 6.25. The smallest absolute Gasteiger partial charge is 0.142 e. The number of nitrogens with two attached hydrogens (primary N) is 1. The maximum absolute atomic E-state index is 8.83. The van der Waals surface area contributed by atoms with Gasteiger partial charge in [0.1, 0.15) is 17.2 Å². The minimum atomic E-state index is 0.357. The van der Waals surface area contributed by atoms with Crippen LogP contribution in [0.4, 0.5) is 5.82 Å². The molecule has 3 N–H and O–H groups in total. The largest absolute Gasteiger partial charge is 0.382 e. The number of nitrogens with zero attached hydrogens (tertiary/aromatic N) is 5. The van der Waals surface area contributed by atoms with Crippen molar-refractivity contribution in [2.75, 3.05) is 18.8 Å². The van der Waals surface area contributed by atoms with E-state index in [1.165, 1.54) is 51.4 Å². The van der Waals surface area contributed by atoms with E-state index < -0.39 is 0 Å². The molecule has 1 saturated heterocycles. The summed E-state index contributed by atoms with van der Waals surface area (Å²) in [7, 11) is 0. The Morgan fingerprint density at radius 3 is 2.42 bits per heavy atom. The van der Waals surface area contributed by atoms with E-state index in [0.29, 0.717) is 22.7 Å². The van der Waals surface area contributed by atoms with Crippen LogP contribution >= 0.6 is 0 Å². The van der Waals surface area contributed by atoms with E-state index in [1.54, 1.807) is 30.7 Å². The lowest BCUT2D eigenvalue weighted by Crippen LogP contribution is -2.03. The van der Waals surface area contributed by atoms with Crippen molar-refractivity contribution in [2.24, 2.45) is 0 Å². The van der Waals surface area contributed by atoms with Gasteiger partial charge in [0, 0.05) is 6.20 Å². The zero-order valence-electron chi connectivity index (χ0n) is 14.7. The first-order valence-electron chi connectivity index (χ1n) is 8.94. The summed E-state index contributed by atoms with van der Waals surface area (Å²) < 4.78 is 1.84. The number of hydrogen-bond acceptors (Lipinski definition) is 6. The summed E-state index contributed by atoms with van der Waals surface area (Å²) in [4.78, 5) is 12.4. The summed E-state index contributed by atoms with van der Waals surface area (Å²) in [5.74, 6) is 0.357. The van der Waals surface area contributed by atoms with Crippen LogP contribution in [0.2, 0.25) is 0 Å². The van der Waals surface area contributed by atoms with Gasteiger partial charge >= 0.3 is 0 Å². The Hall–Kier alpha value is -2.98. The molecule has 0 aromatic carbocycles. The first-order valence-corrected chi connectivity index (χ1v) is 8.94. The molecule has 0 atom stereocenters. The standard InChI is InChI=1S/C12H8N6.C4H9N.C3H6/c13-4-8-1-2-18-10(6-16-12(18)3-8)9-5-15-7-11(14)17-9;1-2-4-5-3-1;1-2-3-1/h1-3,5-7H,(H2,14,17);5H,1-4H2;1-3H2. The van der Waals surface area contributed by atoms with Crippen molar-refractivity contribution in [3.63, 3.8) is 0 Å². The summed E-state index contributed by atoms with van der Waals surface area (Å²) in [6.45, 7) is 2.50. The number of hydrogen-bond donors (Lipinski definition) is 2. The van der Waals surface area contributed by atoms with E-state index in [9.17, 15) is 0 Å². The van der Waals surface area contributed by atoms with Gasteiger partial charge in [-0.15, -0.1) is 0 Å². The van der Waals surface area contributed by atoms with Gasteiger partial charge in [0.05, 0.1) is 35.9 Å². The van der Waals surface area contributed by atoms with Gasteiger partial charge in [-0.1, -0.05) is 19.3 Å². The molecule has 134 valence electrons. The van der Waals surface area contributed by atoms with Gasteiger partial charge in [-0.2, -0.15) is 5.26 Å². The number of pyridine rings is 1. The van der Waals surface area contributed by atoms with E-state index in [2.05, 4.69) is 26.3 Å². The van der Waals surface area contributed by atoms with Crippen LogP contribution in [-0.4, -0.2) is 32.4 Å². The fraction of sp³-hybridized carbons (Fsp3) is 0.368. The number of imidazole rings is 1. The first kappa shape index (κ1) is 17.8. The van der Waals surface area contributed by atoms with Crippen molar-refractivity contribution in [1.29, 1.82) is 5.26 Å². The maximum Gasteiger partial charge on any atom is 0.142 e. The topological polar surface area (TPSA) is 105 Å². The predicted molar refractivity (Wildman–Crippen MR) is 101 cm³/mol. The molecule has 0 amide bonds. The molecule has 0 spiro atoms. The van der Waals surface area contributed by atoms with Crippen LogP contribution in [0.15, 0.2) is 36.9 Å². The van der Waals surface area contributed by atoms with Crippen LogP contribution in [0.3, 0.4) is 0 Å². The molecule has 0 bridgehead atoms. The zero-order chi connectivity index (χ0) is 18.2. The van der Waals surface area contributed by atoms with E-state index >= 15 is 0 Å². The predicted octanol–water partition coefficient (Wildman–Crippen LogP) is 2.79. The SMILES string of the molecule is C1CC1.C1CCNC1.N#Cc1ccn2c(-c3cncc(N)n3)cnc2c1. The van der Waals surface area contributed by atoms with E-state index in [4.69, 9.17) is 11.0 Å². The highest BCUT2D eigenvalue weighted by atomic mass is 15.0. The molecule has 1 saturated carbocycles. The highest BCUT2D eigenvalue weighted by Crippen LogP contribution is 2.19. The van der Waals surface area contributed by atoms with Crippen LogP contribution < -0.4 is 11.1 Å². The minimum Gasteiger partial charge on any atom is -0.382 e. The highest BCUT2D eigenvalue weighted by Gasteiger charge is 2.08. The molecule has 1 aliphatic carbocycles. The van der Waals surface area contributed by atoms with Crippen molar-refractivity contribution in [3.05, 3.63) is 42.5 Å². The molecule has 4 heterocycles. The van der Waals surface area contributed by atoms with Gasteiger partial charge in [-0.25, -0.2) is 9.97 Å². The highest BCUT2D eigenvalue weighted by molar-refractivity contribution is 5.61. The van der Waals surface area contributed by atoms with Crippen LogP contribution in [0, 0.1) is 11.3 Å². The second-order valence-electron chi connectivity index (χ2n) is 6.25. The molecule has 7 heteroatoms. The van der Waals surface area contributed by atoms with E-state index in [1.807, 2.05) is 4.40 Å². The average molecular weight is 349 g/mol. The van der Waals surface area contributed by atoms with Crippen molar-refractivity contribution >= 4 is 11.5 Å².